The van der Waals surface area contributed by atoms with Gasteiger partial charge in [0.15, 0.2) is 5.82 Å². The number of methoxy groups -OCH3 is 1. The normalized spacial score (nSPS) is 21.5. The average Bonchev–Trinajstić information content (AvgIpc) is 3.16. The molecule has 2 aromatic rings. The summed E-state index contributed by atoms with van der Waals surface area (Å²) in [5, 5.41) is 3.82. The van der Waals surface area contributed by atoms with Crippen LogP contribution < -0.4 is 0 Å². The first-order valence-electron chi connectivity index (χ1n) is 7.20. The van der Waals surface area contributed by atoms with Gasteiger partial charge in [-0.25, -0.2) is 0 Å². The van der Waals surface area contributed by atoms with Gasteiger partial charge in [0.1, 0.15) is 17.6 Å². The SMILES string of the molecule is CO[C@H]1C[C@H](c2nc(C)no2)N(C(=O)c2cc(C)oc2C)C1. The predicted molar refractivity (Wildman–Crippen MR) is 76.4 cm³/mol. The summed E-state index contributed by atoms with van der Waals surface area (Å²) < 4.78 is 16.1. The lowest BCUT2D eigenvalue weighted by Gasteiger charge is -2.21. The van der Waals surface area contributed by atoms with Crippen molar-refractivity contribution in [3.8, 4) is 0 Å². The number of ether oxygens (including phenoxy) is 1. The minimum atomic E-state index is -0.270. The highest BCUT2D eigenvalue weighted by Gasteiger charge is 2.40. The summed E-state index contributed by atoms with van der Waals surface area (Å²) in [6.45, 7) is 5.86. The van der Waals surface area contributed by atoms with Gasteiger partial charge in [0, 0.05) is 20.1 Å². The Hall–Kier alpha value is -2.15. The molecule has 0 unspecified atom stereocenters. The minimum absolute atomic E-state index is 0.0468. The lowest BCUT2D eigenvalue weighted by molar-refractivity contribution is 0.0669. The fourth-order valence-electron chi connectivity index (χ4n) is 2.87. The Morgan fingerprint density at radius 3 is 2.73 bits per heavy atom. The maximum Gasteiger partial charge on any atom is 0.258 e. The van der Waals surface area contributed by atoms with Crippen molar-refractivity contribution in [2.75, 3.05) is 13.7 Å². The van der Waals surface area contributed by atoms with Crippen LogP contribution in [0.2, 0.25) is 0 Å². The third-order valence-corrected chi connectivity index (χ3v) is 3.96. The van der Waals surface area contributed by atoms with Crippen LogP contribution in [0.25, 0.3) is 0 Å². The van der Waals surface area contributed by atoms with Crippen LogP contribution >= 0.6 is 0 Å². The molecule has 0 aromatic carbocycles. The zero-order chi connectivity index (χ0) is 15.9. The highest BCUT2D eigenvalue weighted by molar-refractivity contribution is 5.95. The van der Waals surface area contributed by atoms with E-state index in [9.17, 15) is 4.79 Å². The summed E-state index contributed by atoms with van der Waals surface area (Å²) in [6, 6.07) is 1.49. The fraction of sp³-hybridized carbons (Fsp3) is 0.533. The quantitative estimate of drug-likeness (QED) is 0.864. The van der Waals surface area contributed by atoms with Crippen LogP contribution in [0.4, 0.5) is 0 Å². The van der Waals surface area contributed by atoms with Crippen LogP contribution in [0.15, 0.2) is 15.0 Å². The van der Waals surface area contributed by atoms with Gasteiger partial charge in [-0.05, 0) is 26.8 Å². The molecule has 3 rings (SSSR count). The average molecular weight is 305 g/mol. The molecule has 0 N–H and O–H groups in total. The van der Waals surface area contributed by atoms with Crippen LogP contribution in [0.5, 0.6) is 0 Å². The molecule has 0 spiro atoms. The number of nitrogens with zero attached hydrogens (tertiary/aromatic N) is 3. The summed E-state index contributed by atoms with van der Waals surface area (Å²) in [5.74, 6) is 2.23. The lowest BCUT2D eigenvalue weighted by Crippen LogP contribution is -2.32. The Balaban J connectivity index is 1.92. The molecule has 2 atom stereocenters. The zero-order valence-electron chi connectivity index (χ0n) is 13.1. The number of likely N-dealkylation sites (tertiary alicyclic amines) is 1. The number of aromatic nitrogens is 2. The van der Waals surface area contributed by atoms with E-state index in [1.807, 2.05) is 6.92 Å². The monoisotopic (exact) mass is 305 g/mol. The second-order valence-corrected chi connectivity index (χ2v) is 5.57. The van der Waals surface area contributed by atoms with Crippen molar-refractivity contribution in [1.29, 1.82) is 0 Å². The maximum atomic E-state index is 12.9. The molecule has 7 nitrogen and oxygen atoms in total. The first-order valence-corrected chi connectivity index (χ1v) is 7.20. The van der Waals surface area contributed by atoms with E-state index in [2.05, 4.69) is 10.1 Å². The number of aryl methyl sites for hydroxylation is 3. The third kappa shape index (κ3) is 2.52. The summed E-state index contributed by atoms with van der Waals surface area (Å²) >= 11 is 0. The summed E-state index contributed by atoms with van der Waals surface area (Å²) in [5.41, 5.74) is 0.565. The molecular formula is C15H19N3O4. The van der Waals surface area contributed by atoms with Gasteiger partial charge in [-0.1, -0.05) is 5.16 Å². The van der Waals surface area contributed by atoms with E-state index in [-0.39, 0.29) is 18.1 Å². The molecule has 7 heteroatoms. The Morgan fingerprint density at radius 2 is 2.18 bits per heavy atom. The largest absolute Gasteiger partial charge is 0.466 e. The van der Waals surface area contributed by atoms with Crippen molar-refractivity contribution < 1.29 is 18.5 Å². The number of rotatable bonds is 3. The van der Waals surface area contributed by atoms with E-state index in [0.717, 1.165) is 0 Å². The number of furan rings is 1. The third-order valence-electron chi connectivity index (χ3n) is 3.96. The van der Waals surface area contributed by atoms with Crippen LogP contribution in [-0.2, 0) is 4.74 Å². The first-order chi connectivity index (χ1) is 10.5. The second kappa shape index (κ2) is 5.57. The van der Waals surface area contributed by atoms with Gasteiger partial charge >= 0.3 is 0 Å². The van der Waals surface area contributed by atoms with E-state index in [1.165, 1.54) is 0 Å². The number of amides is 1. The molecular weight excluding hydrogens is 286 g/mol. The molecule has 0 saturated carbocycles. The molecule has 1 aliphatic heterocycles. The van der Waals surface area contributed by atoms with Gasteiger partial charge in [0.25, 0.3) is 5.91 Å². The maximum absolute atomic E-state index is 12.9. The second-order valence-electron chi connectivity index (χ2n) is 5.57. The van der Waals surface area contributed by atoms with E-state index in [1.54, 1.807) is 31.9 Å². The van der Waals surface area contributed by atoms with Gasteiger partial charge < -0.3 is 18.6 Å². The molecule has 0 aliphatic carbocycles. The van der Waals surface area contributed by atoms with Gasteiger partial charge in [-0.15, -0.1) is 0 Å². The topological polar surface area (TPSA) is 81.6 Å². The highest BCUT2D eigenvalue weighted by atomic mass is 16.5. The van der Waals surface area contributed by atoms with Gasteiger partial charge in [0.05, 0.1) is 11.7 Å². The highest BCUT2D eigenvalue weighted by Crippen LogP contribution is 2.34. The molecule has 2 aromatic heterocycles. The summed E-state index contributed by atoms with van der Waals surface area (Å²) in [4.78, 5) is 18.8. The molecule has 22 heavy (non-hydrogen) atoms. The number of carbonyl (C=O) groups is 1. The summed E-state index contributed by atoms with van der Waals surface area (Å²) in [7, 11) is 1.64. The van der Waals surface area contributed by atoms with Crippen molar-refractivity contribution >= 4 is 5.91 Å². The number of carbonyl (C=O) groups excluding carboxylic acids is 1. The van der Waals surface area contributed by atoms with Gasteiger partial charge in [0.2, 0.25) is 5.89 Å². The Bertz CT molecular complexity index is 691. The van der Waals surface area contributed by atoms with E-state index in [0.29, 0.717) is 41.8 Å². The number of hydrogen-bond acceptors (Lipinski definition) is 6. The Kier molecular flexibility index (Phi) is 3.74. The Morgan fingerprint density at radius 1 is 1.41 bits per heavy atom. The molecule has 1 aliphatic rings. The standard InChI is InChI=1S/C15H19N3O4/c1-8-5-12(9(2)21-8)15(19)18-7-11(20-4)6-13(18)14-16-10(3)17-22-14/h5,11,13H,6-7H2,1-4H3/t11-,13+/m0/s1. The summed E-state index contributed by atoms with van der Waals surface area (Å²) in [6.07, 6.45) is 0.592. The Labute approximate surface area is 128 Å². The smallest absolute Gasteiger partial charge is 0.258 e. The van der Waals surface area contributed by atoms with Crippen LogP contribution in [-0.4, -0.2) is 40.7 Å². The predicted octanol–water partition coefficient (Wildman–Crippen LogP) is 2.19. The van der Waals surface area contributed by atoms with Crippen LogP contribution in [0.1, 0.15) is 46.1 Å². The molecule has 1 saturated heterocycles. The molecule has 0 radical (unpaired) electrons. The number of hydrogen-bond donors (Lipinski definition) is 0. The molecule has 1 fully saturated rings. The van der Waals surface area contributed by atoms with Gasteiger partial charge in [-0.3, -0.25) is 4.79 Å². The van der Waals surface area contributed by atoms with Crippen molar-refractivity contribution in [2.45, 2.75) is 39.3 Å². The fourth-order valence-corrected chi connectivity index (χ4v) is 2.87. The van der Waals surface area contributed by atoms with Crippen LogP contribution in [0.3, 0.4) is 0 Å². The van der Waals surface area contributed by atoms with E-state index < -0.39 is 0 Å². The van der Waals surface area contributed by atoms with E-state index >= 15 is 0 Å². The van der Waals surface area contributed by atoms with Crippen LogP contribution in [0, 0.1) is 20.8 Å². The van der Waals surface area contributed by atoms with Crippen molar-refractivity contribution in [3.05, 3.63) is 34.9 Å². The lowest BCUT2D eigenvalue weighted by atomic mass is 10.1. The van der Waals surface area contributed by atoms with E-state index in [4.69, 9.17) is 13.7 Å². The molecule has 118 valence electrons. The molecule has 3 heterocycles. The van der Waals surface area contributed by atoms with Gasteiger partial charge in [-0.2, -0.15) is 4.98 Å². The van der Waals surface area contributed by atoms with Crippen molar-refractivity contribution in [1.82, 2.24) is 15.0 Å². The van der Waals surface area contributed by atoms with Crippen molar-refractivity contribution in [3.63, 3.8) is 0 Å². The molecule has 0 bridgehead atoms. The zero-order valence-corrected chi connectivity index (χ0v) is 13.1. The first kappa shape index (κ1) is 14.8. The van der Waals surface area contributed by atoms with Crippen molar-refractivity contribution in [2.24, 2.45) is 0 Å². The molecule has 1 amide bonds. The minimum Gasteiger partial charge on any atom is -0.466 e.